The summed E-state index contributed by atoms with van der Waals surface area (Å²) in [6.07, 6.45) is 2.13. The molecule has 0 aliphatic carbocycles. The Kier molecular flexibility index (Phi) is 10.7. The zero-order valence-electron chi connectivity index (χ0n) is 25.0. The fourth-order valence-corrected chi connectivity index (χ4v) is 4.92. The van der Waals surface area contributed by atoms with Gasteiger partial charge in [-0.15, -0.1) is 0 Å². The molecule has 2 N–H and O–H groups in total. The van der Waals surface area contributed by atoms with Gasteiger partial charge in [0, 0.05) is 18.0 Å². The number of hydrogen-bond acceptors (Lipinski definition) is 3. The van der Waals surface area contributed by atoms with Gasteiger partial charge >= 0.3 is 5.97 Å². The molecular weight excluding hydrogens is 488 g/mol. The summed E-state index contributed by atoms with van der Waals surface area (Å²) in [6.45, 7) is 15.4. The maximum Gasteiger partial charge on any atom is 0.331 e. The standard InChI is InChI=1S/C33H46N2O4/c1-22(2)27(20-23(3)31(38)39)35(9)30(37)28(32(4,5)6)34-29(36)26(21-24-16-12-10-13-17-24)33(7,8)25-18-14-11-15-19-25/h10-20,22,26-28H,21H2,1-9H3,(H,34,36)(H,38,39)/t26-,27-,28-/m1/s1. The van der Waals surface area contributed by atoms with Crippen molar-refractivity contribution < 1.29 is 19.5 Å². The van der Waals surface area contributed by atoms with Gasteiger partial charge in [0.25, 0.3) is 0 Å². The van der Waals surface area contributed by atoms with Gasteiger partial charge in [-0.25, -0.2) is 4.79 Å². The molecule has 3 atom stereocenters. The lowest BCUT2D eigenvalue weighted by molar-refractivity contribution is -0.141. The van der Waals surface area contributed by atoms with Crippen molar-refractivity contribution in [3.05, 3.63) is 83.4 Å². The molecule has 212 valence electrons. The second kappa shape index (κ2) is 13.1. The summed E-state index contributed by atoms with van der Waals surface area (Å²) in [5, 5.41) is 12.6. The van der Waals surface area contributed by atoms with E-state index in [4.69, 9.17) is 0 Å². The van der Waals surface area contributed by atoms with Gasteiger partial charge in [0.1, 0.15) is 6.04 Å². The Balaban J connectivity index is 2.47. The first kappa shape index (κ1) is 31.8. The Labute approximate surface area is 234 Å². The van der Waals surface area contributed by atoms with Crippen LogP contribution in [-0.2, 0) is 26.2 Å². The van der Waals surface area contributed by atoms with Crippen molar-refractivity contribution in [1.82, 2.24) is 10.2 Å². The fraction of sp³-hybridized carbons (Fsp3) is 0.485. The first-order valence-corrected chi connectivity index (χ1v) is 13.7. The molecule has 0 radical (unpaired) electrons. The van der Waals surface area contributed by atoms with E-state index in [2.05, 4.69) is 19.2 Å². The van der Waals surface area contributed by atoms with E-state index in [1.54, 1.807) is 18.0 Å². The molecule has 0 saturated heterocycles. The van der Waals surface area contributed by atoms with Crippen LogP contribution in [0.4, 0.5) is 0 Å². The molecule has 39 heavy (non-hydrogen) atoms. The van der Waals surface area contributed by atoms with Gasteiger partial charge in [-0.1, -0.05) is 115 Å². The first-order chi connectivity index (χ1) is 18.1. The maximum absolute atomic E-state index is 14.2. The Bertz CT molecular complexity index is 1150. The number of rotatable bonds is 11. The Hall–Kier alpha value is -3.41. The van der Waals surface area contributed by atoms with E-state index in [0.717, 1.165) is 11.1 Å². The highest BCUT2D eigenvalue weighted by Gasteiger charge is 2.42. The summed E-state index contributed by atoms with van der Waals surface area (Å²) in [5.41, 5.74) is 1.18. The number of nitrogens with zero attached hydrogens (tertiary/aromatic N) is 1. The van der Waals surface area contributed by atoms with Crippen molar-refractivity contribution in [1.29, 1.82) is 0 Å². The highest BCUT2D eigenvalue weighted by atomic mass is 16.4. The van der Waals surface area contributed by atoms with Crippen LogP contribution in [0.5, 0.6) is 0 Å². The molecule has 0 bridgehead atoms. The summed E-state index contributed by atoms with van der Waals surface area (Å²) >= 11 is 0. The van der Waals surface area contributed by atoms with Crippen LogP contribution in [0.2, 0.25) is 0 Å². The maximum atomic E-state index is 14.2. The van der Waals surface area contributed by atoms with Gasteiger partial charge in [0.05, 0.1) is 12.0 Å². The lowest BCUT2D eigenvalue weighted by Gasteiger charge is -2.40. The number of nitrogens with one attached hydrogen (secondary N) is 1. The van der Waals surface area contributed by atoms with Crippen molar-refractivity contribution in [3.8, 4) is 0 Å². The topological polar surface area (TPSA) is 86.7 Å². The average Bonchev–Trinajstić information content (AvgIpc) is 2.88. The lowest BCUT2D eigenvalue weighted by Crippen LogP contribution is -2.58. The third-order valence-corrected chi connectivity index (χ3v) is 7.62. The van der Waals surface area contributed by atoms with Gasteiger partial charge in [0.2, 0.25) is 11.8 Å². The van der Waals surface area contributed by atoms with E-state index in [0.29, 0.717) is 6.42 Å². The molecule has 2 aromatic rings. The quantitative estimate of drug-likeness (QED) is 0.353. The summed E-state index contributed by atoms with van der Waals surface area (Å²) in [7, 11) is 1.68. The molecular formula is C33H46N2O4. The van der Waals surface area contributed by atoms with Crippen LogP contribution in [0.1, 0.15) is 66.5 Å². The SMILES string of the molecule is CC(=C[C@H](C(C)C)N(C)C(=O)[C@@H](NC(=O)[C@@H](Cc1ccccc1)C(C)(C)c1ccccc1)C(C)(C)C)C(=O)O. The molecule has 0 aliphatic rings. The van der Waals surface area contributed by atoms with Crippen LogP contribution in [0.15, 0.2) is 72.3 Å². The van der Waals surface area contributed by atoms with E-state index >= 15 is 0 Å². The minimum absolute atomic E-state index is 0.0209. The zero-order valence-corrected chi connectivity index (χ0v) is 25.0. The largest absolute Gasteiger partial charge is 0.478 e. The van der Waals surface area contributed by atoms with Crippen LogP contribution < -0.4 is 5.32 Å². The molecule has 0 aromatic heterocycles. The number of carboxylic acid groups (broad SMARTS) is 1. The highest BCUT2D eigenvalue weighted by Crippen LogP contribution is 2.35. The van der Waals surface area contributed by atoms with Crippen LogP contribution in [-0.4, -0.2) is 46.9 Å². The Morgan fingerprint density at radius 2 is 1.44 bits per heavy atom. The first-order valence-electron chi connectivity index (χ1n) is 13.7. The van der Waals surface area contributed by atoms with Crippen molar-refractivity contribution in [2.45, 2.75) is 79.3 Å². The van der Waals surface area contributed by atoms with Crippen LogP contribution in [0.25, 0.3) is 0 Å². The van der Waals surface area contributed by atoms with Gasteiger partial charge in [-0.05, 0) is 35.8 Å². The van der Waals surface area contributed by atoms with E-state index in [1.807, 2.05) is 95.3 Å². The lowest BCUT2D eigenvalue weighted by atomic mass is 9.70. The third kappa shape index (κ3) is 8.29. The van der Waals surface area contributed by atoms with E-state index < -0.39 is 34.8 Å². The molecule has 2 amide bonds. The van der Waals surface area contributed by atoms with Crippen molar-refractivity contribution in [2.75, 3.05) is 7.05 Å². The molecule has 6 nitrogen and oxygen atoms in total. The average molecular weight is 535 g/mol. The smallest absolute Gasteiger partial charge is 0.331 e. The molecule has 0 spiro atoms. The molecule has 0 unspecified atom stereocenters. The number of hydrogen-bond donors (Lipinski definition) is 2. The van der Waals surface area contributed by atoms with Gasteiger partial charge in [-0.3, -0.25) is 9.59 Å². The monoisotopic (exact) mass is 534 g/mol. The van der Waals surface area contributed by atoms with E-state index in [9.17, 15) is 19.5 Å². The number of benzene rings is 2. The Morgan fingerprint density at radius 1 is 0.923 bits per heavy atom. The second-order valence-corrected chi connectivity index (χ2v) is 12.5. The van der Waals surface area contributed by atoms with E-state index in [-0.39, 0.29) is 23.3 Å². The predicted molar refractivity (Wildman–Crippen MR) is 157 cm³/mol. The normalized spacial score (nSPS) is 14.9. The van der Waals surface area contributed by atoms with Crippen LogP contribution in [0, 0.1) is 17.3 Å². The molecule has 0 aliphatic heterocycles. The van der Waals surface area contributed by atoms with Crippen molar-refractivity contribution >= 4 is 17.8 Å². The molecule has 2 aromatic carbocycles. The fourth-order valence-electron chi connectivity index (χ4n) is 4.92. The Morgan fingerprint density at radius 3 is 1.90 bits per heavy atom. The number of aliphatic carboxylic acids is 1. The summed E-state index contributed by atoms with van der Waals surface area (Å²) in [5.74, 6) is -1.92. The molecule has 0 heterocycles. The van der Waals surface area contributed by atoms with E-state index in [1.165, 1.54) is 6.92 Å². The third-order valence-electron chi connectivity index (χ3n) is 7.62. The number of carboxylic acids is 1. The van der Waals surface area contributed by atoms with Crippen LogP contribution >= 0.6 is 0 Å². The number of carbonyl (C=O) groups is 3. The van der Waals surface area contributed by atoms with Crippen molar-refractivity contribution in [2.24, 2.45) is 17.3 Å². The minimum atomic E-state index is -1.02. The summed E-state index contributed by atoms with van der Waals surface area (Å²) in [6, 6.07) is 18.7. The minimum Gasteiger partial charge on any atom is -0.478 e. The predicted octanol–water partition coefficient (Wildman–Crippen LogP) is 5.87. The summed E-state index contributed by atoms with van der Waals surface area (Å²) < 4.78 is 0. The second-order valence-electron chi connectivity index (χ2n) is 12.5. The highest BCUT2D eigenvalue weighted by molar-refractivity contribution is 5.90. The number of amides is 2. The number of carbonyl (C=O) groups excluding carboxylic acids is 2. The molecule has 6 heteroatoms. The van der Waals surface area contributed by atoms with Crippen LogP contribution in [0.3, 0.4) is 0 Å². The van der Waals surface area contributed by atoms with Gasteiger partial charge in [-0.2, -0.15) is 0 Å². The van der Waals surface area contributed by atoms with Crippen molar-refractivity contribution in [3.63, 3.8) is 0 Å². The number of likely N-dealkylation sites (N-methyl/N-ethyl adjacent to an activating group) is 1. The zero-order chi connectivity index (χ0) is 29.5. The van der Waals surface area contributed by atoms with Gasteiger partial charge in [0.15, 0.2) is 0 Å². The van der Waals surface area contributed by atoms with Gasteiger partial charge < -0.3 is 15.3 Å². The summed E-state index contributed by atoms with van der Waals surface area (Å²) in [4.78, 5) is 41.2. The molecule has 0 fully saturated rings. The molecule has 2 rings (SSSR count). The molecule has 0 saturated carbocycles.